The third-order valence-corrected chi connectivity index (χ3v) is 3.81. The molecule has 1 saturated carbocycles. The summed E-state index contributed by atoms with van der Waals surface area (Å²) in [5, 5.41) is 3.06. The molecule has 1 N–H and O–H groups in total. The molecule has 4 nitrogen and oxygen atoms in total. The summed E-state index contributed by atoms with van der Waals surface area (Å²) in [6.07, 6.45) is 3.61. The molecular weight excluding hydrogens is 281 g/mol. The minimum atomic E-state index is -0.432. The highest BCUT2D eigenvalue weighted by Gasteiger charge is 2.29. The lowest BCUT2D eigenvalue weighted by molar-refractivity contribution is -0.112. The Morgan fingerprint density at radius 2 is 2.10 bits per heavy atom. The van der Waals surface area contributed by atoms with Crippen LogP contribution in [0.1, 0.15) is 12.8 Å². The Kier molecular flexibility index (Phi) is 5.25. The Morgan fingerprint density at radius 3 is 2.75 bits per heavy atom. The van der Waals surface area contributed by atoms with Crippen molar-refractivity contribution in [2.45, 2.75) is 25.0 Å². The predicted octanol–water partition coefficient (Wildman–Crippen LogP) is 2.22. The van der Waals surface area contributed by atoms with Crippen molar-refractivity contribution in [2.24, 2.45) is 0 Å². The van der Waals surface area contributed by atoms with Gasteiger partial charge in [0.25, 0.3) is 0 Å². The Labute approximate surface area is 122 Å². The Balaban J connectivity index is 1.92. The topological polar surface area (TPSA) is 47.6 Å². The van der Waals surface area contributed by atoms with Gasteiger partial charge in [-0.25, -0.2) is 4.39 Å². The molecule has 1 fully saturated rings. The number of carbonyl (C=O) groups excluding carboxylic acids is 1. The van der Waals surface area contributed by atoms with E-state index in [4.69, 9.17) is 9.47 Å². The van der Waals surface area contributed by atoms with E-state index in [1.165, 1.54) is 12.1 Å². The lowest BCUT2D eigenvalue weighted by Crippen LogP contribution is -2.45. The van der Waals surface area contributed by atoms with E-state index in [1.807, 2.05) is 7.05 Å². The monoisotopic (exact) mass is 299 g/mol. The number of rotatable bonds is 6. The van der Waals surface area contributed by atoms with Gasteiger partial charge in [0.05, 0.1) is 0 Å². The van der Waals surface area contributed by atoms with Crippen LogP contribution in [0.15, 0.2) is 18.2 Å². The van der Waals surface area contributed by atoms with Gasteiger partial charge in [-0.2, -0.15) is 0 Å². The number of hydrogen-bond acceptors (Lipinski definition) is 5. The van der Waals surface area contributed by atoms with Crippen molar-refractivity contribution >= 4 is 16.9 Å². The fraction of sp³-hybridized carbons (Fsp3) is 0.500. The van der Waals surface area contributed by atoms with Crippen LogP contribution in [0, 0.1) is 5.82 Å². The van der Waals surface area contributed by atoms with E-state index in [0.717, 1.165) is 24.6 Å². The molecule has 110 valence electrons. The largest absolute Gasteiger partial charge is 0.490 e. The van der Waals surface area contributed by atoms with E-state index >= 15 is 0 Å². The van der Waals surface area contributed by atoms with Crippen LogP contribution >= 0.6 is 11.8 Å². The van der Waals surface area contributed by atoms with Crippen LogP contribution in [0.5, 0.6) is 11.5 Å². The van der Waals surface area contributed by atoms with Crippen molar-refractivity contribution in [3.8, 4) is 11.5 Å². The summed E-state index contributed by atoms with van der Waals surface area (Å²) in [6, 6.07) is 4.67. The van der Waals surface area contributed by atoms with Gasteiger partial charge >= 0.3 is 0 Å². The summed E-state index contributed by atoms with van der Waals surface area (Å²) in [5.41, 5.74) is 0. The van der Waals surface area contributed by atoms with Crippen LogP contribution in [0.25, 0.3) is 0 Å². The molecule has 1 aliphatic carbocycles. The number of halogens is 1. The quantitative estimate of drug-likeness (QED) is 0.873. The van der Waals surface area contributed by atoms with Gasteiger partial charge in [0.15, 0.2) is 6.61 Å². The van der Waals surface area contributed by atoms with Crippen molar-refractivity contribution in [1.82, 2.24) is 5.32 Å². The first-order valence-corrected chi connectivity index (χ1v) is 7.67. The molecule has 0 radical (unpaired) electrons. The van der Waals surface area contributed by atoms with Crippen molar-refractivity contribution in [3.05, 3.63) is 24.0 Å². The molecule has 0 heterocycles. The predicted molar refractivity (Wildman–Crippen MR) is 76.9 cm³/mol. The third kappa shape index (κ3) is 4.11. The van der Waals surface area contributed by atoms with E-state index in [9.17, 15) is 9.18 Å². The standard InChI is InChI=1S/C14H18FNO3S/c1-16-10-5-13(6-10)19-12-4-9(15)3-11(7-12)18-8-14(17)20-2/h3-4,7,10,13,16H,5-6,8H2,1-2H3/t10-,13+. The first-order valence-electron chi connectivity index (χ1n) is 6.45. The summed E-state index contributed by atoms with van der Waals surface area (Å²) in [7, 11) is 1.91. The number of nitrogens with one attached hydrogen (secondary N) is 1. The summed E-state index contributed by atoms with van der Waals surface area (Å²) in [4.78, 5) is 11.2. The fourth-order valence-corrected chi connectivity index (χ4v) is 2.16. The Morgan fingerprint density at radius 1 is 1.40 bits per heavy atom. The zero-order valence-electron chi connectivity index (χ0n) is 11.5. The van der Waals surface area contributed by atoms with Crippen LogP contribution in [0.3, 0.4) is 0 Å². The summed E-state index contributed by atoms with van der Waals surface area (Å²) in [6.45, 7) is -0.0741. The first-order chi connectivity index (χ1) is 9.60. The molecule has 0 atom stereocenters. The first kappa shape index (κ1) is 15.1. The number of hydrogen-bond donors (Lipinski definition) is 1. The van der Waals surface area contributed by atoms with Gasteiger partial charge in [-0.1, -0.05) is 11.8 Å². The molecule has 0 amide bonds. The number of benzene rings is 1. The van der Waals surface area contributed by atoms with Crippen LogP contribution < -0.4 is 14.8 Å². The van der Waals surface area contributed by atoms with E-state index in [-0.39, 0.29) is 17.8 Å². The van der Waals surface area contributed by atoms with Crippen LogP contribution in [-0.2, 0) is 4.79 Å². The molecule has 0 unspecified atom stereocenters. The molecule has 0 aromatic heterocycles. The molecule has 0 spiro atoms. The summed E-state index contributed by atoms with van der Waals surface area (Å²) in [5.74, 6) is 0.321. The lowest BCUT2D eigenvalue weighted by atomic mass is 9.89. The van der Waals surface area contributed by atoms with Crippen LogP contribution in [0.2, 0.25) is 0 Å². The Hall–Kier alpha value is -1.27. The van der Waals surface area contributed by atoms with Crippen LogP contribution in [-0.4, -0.2) is 37.2 Å². The van der Waals surface area contributed by atoms with Crippen molar-refractivity contribution in [2.75, 3.05) is 19.9 Å². The van der Waals surface area contributed by atoms with E-state index in [0.29, 0.717) is 17.5 Å². The molecule has 1 aromatic carbocycles. The average Bonchev–Trinajstić information content (AvgIpc) is 2.39. The number of ether oxygens (including phenoxy) is 2. The highest BCUT2D eigenvalue weighted by atomic mass is 32.2. The maximum atomic E-state index is 13.5. The van der Waals surface area contributed by atoms with Gasteiger partial charge in [0.1, 0.15) is 23.4 Å². The van der Waals surface area contributed by atoms with Crippen molar-refractivity contribution in [1.29, 1.82) is 0 Å². The smallest absolute Gasteiger partial charge is 0.226 e. The molecular formula is C14H18FNO3S. The highest BCUT2D eigenvalue weighted by Crippen LogP contribution is 2.29. The SMILES string of the molecule is CN[C@H]1C[C@@H](Oc2cc(F)cc(OCC(=O)SC)c2)C1. The molecule has 20 heavy (non-hydrogen) atoms. The maximum Gasteiger partial charge on any atom is 0.226 e. The fourth-order valence-electron chi connectivity index (χ4n) is 1.98. The molecule has 6 heteroatoms. The highest BCUT2D eigenvalue weighted by molar-refractivity contribution is 8.13. The normalized spacial score (nSPS) is 21.1. The second kappa shape index (κ2) is 6.95. The minimum absolute atomic E-state index is 0.0741. The van der Waals surface area contributed by atoms with Gasteiger partial charge in [0.2, 0.25) is 5.12 Å². The van der Waals surface area contributed by atoms with Crippen molar-refractivity contribution < 1.29 is 18.7 Å². The number of carbonyl (C=O) groups is 1. The molecule has 0 saturated heterocycles. The summed E-state index contributed by atoms with van der Waals surface area (Å²) >= 11 is 1.08. The third-order valence-electron chi connectivity index (χ3n) is 3.23. The second-order valence-electron chi connectivity index (χ2n) is 4.68. The van der Waals surface area contributed by atoms with E-state index < -0.39 is 5.82 Å². The Bertz CT molecular complexity index is 477. The van der Waals surface area contributed by atoms with Gasteiger partial charge in [0, 0.05) is 24.2 Å². The van der Waals surface area contributed by atoms with Gasteiger partial charge in [-0.05, 0) is 26.1 Å². The lowest BCUT2D eigenvalue weighted by Gasteiger charge is -2.35. The van der Waals surface area contributed by atoms with E-state index in [2.05, 4.69) is 5.32 Å². The van der Waals surface area contributed by atoms with Gasteiger partial charge in [-0.15, -0.1) is 0 Å². The van der Waals surface area contributed by atoms with E-state index in [1.54, 1.807) is 12.3 Å². The molecule has 0 bridgehead atoms. The second-order valence-corrected chi connectivity index (χ2v) is 5.55. The van der Waals surface area contributed by atoms with Crippen LogP contribution in [0.4, 0.5) is 4.39 Å². The maximum absolute atomic E-state index is 13.5. The van der Waals surface area contributed by atoms with Gasteiger partial charge in [-0.3, -0.25) is 4.79 Å². The average molecular weight is 299 g/mol. The molecule has 2 rings (SSSR count). The number of thioether (sulfide) groups is 1. The zero-order valence-corrected chi connectivity index (χ0v) is 12.3. The molecule has 1 aliphatic rings. The van der Waals surface area contributed by atoms with Crippen molar-refractivity contribution in [3.63, 3.8) is 0 Å². The molecule has 1 aromatic rings. The molecule has 0 aliphatic heterocycles. The zero-order chi connectivity index (χ0) is 14.5. The summed E-state index contributed by atoms with van der Waals surface area (Å²) < 4.78 is 24.4. The minimum Gasteiger partial charge on any atom is -0.490 e. The van der Waals surface area contributed by atoms with Gasteiger partial charge < -0.3 is 14.8 Å².